The lowest BCUT2D eigenvalue weighted by Crippen LogP contribution is -2.07. The van der Waals surface area contributed by atoms with E-state index in [9.17, 15) is 18.3 Å². The highest BCUT2D eigenvalue weighted by molar-refractivity contribution is 9.10. The molecule has 0 amide bonds. The molecule has 1 rings (SSSR count). The van der Waals surface area contributed by atoms with Gasteiger partial charge in [0, 0.05) is 4.47 Å². The van der Waals surface area contributed by atoms with E-state index in [2.05, 4.69) is 15.9 Å². The van der Waals surface area contributed by atoms with Crippen molar-refractivity contribution < 1.29 is 18.3 Å². The van der Waals surface area contributed by atoms with Crippen molar-refractivity contribution in [3.8, 4) is 5.75 Å². The van der Waals surface area contributed by atoms with Crippen molar-refractivity contribution in [2.24, 2.45) is 5.73 Å². The van der Waals surface area contributed by atoms with Gasteiger partial charge in [-0.05, 0) is 37.1 Å². The number of aromatic hydroxyl groups is 1. The highest BCUT2D eigenvalue weighted by Crippen LogP contribution is 2.39. The van der Waals surface area contributed by atoms with E-state index in [4.69, 9.17) is 5.73 Å². The van der Waals surface area contributed by atoms with Gasteiger partial charge in [0.25, 0.3) is 0 Å². The van der Waals surface area contributed by atoms with Gasteiger partial charge in [-0.15, -0.1) is 0 Å². The lowest BCUT2D eigenvalue weighted by Gasteiger charge is -2.13. The zero-order valence-corrected chi connectivity index (χ0v) is 9.90. The molecule has 3 N–H and O–H groups in total. The molecule has 0 saturated carbocycles. The van der Waals surface area contributed by atoms with Crippen LogP contribution in [0.4, 0.5) is 13.2 Å². The SMILES string of the molecule is NCCCc1cc(Br)cc(C(F)(F)F)c1O. The number of phenolic OH excluding ortho intramolecular Hbond substituents is 1. The number of hydrogen-bond donors (Lipinski definition) is 2. The van der Waals surface area contributed by atoms with Gasteiger partial charge in [0.2, 0.25) is 0 Å². The second-order valence-electron chi connectivity index (χ2n) is 3.35. The average Bonchev–Trinajstić information content (AvgIpc) is 2.17. The normalized spacial score (nSPS) is 11.8. The van der Waals surface area contributed by atoms with E-state index in [-0.39, 0.29) is 5.56 Å². The Bertz CT molecular complexity index is 379. The summed E-state index contributed by atoms with van der Waals surface area (Å²) in [7, 11) is 0. The van der Waals surface area contributed by atoms with Gasteiger partial charge in [-0.25, -0.2) is 0 Å². The van der Waals surface area contributed by atoms with E-state index in [0.29, 0.717) is 23.9 Å². The minimum atomic E-state index is -4.55. The third kappa shape index (κ3) is 3.12. The number of aryl methyl sites for hydroxylation is 1. The predicted molar refractivity (Wildman–Crippen MR) is 58.2 cm³/mol. The van der Waals surface area contributed by atoms with Crippen LogP contribution in [0.15, 0.2) is 16.6 Å². The molecule has 0 unspecified atom stereocenters. The van der Waals surface area contributed by atoms with Gasteiger partial charge >= 0.3 is 6.18 Å². The van der Waals surface area contributed by atoms with Gasteiger partial charge in [0.05, 0.1) is 5.56 Å². The van der Waals surface area contributed by atoms with Gasteiger partial charge < -0.3 is 10.8 Å². The molecule has 2 nitrogen and oxygen atoms in total. The molecule has 0 atom stereocenters. The number of alkyl halides is 3. The molecule has 16 heavy (non-hydrogen) atoms. The van der Waals surface area contributed by atoms with Crippen LogP contribution < -0.4 is 5.73 Å². The van der Waals surface area contributed by atoms with Crippen LogP contribution in [-0.2, 0) is 12.6 Å². The van der Waals surface area contributed by atoms with Gasteiger partial charge in [-0.1, -0.05) is 15.9 Å². The first-order valence-corrected chi connectivity index (χ1v) is 5.44. The van der Waals surface area contributed by atoms with Gasteiger partial charge in [-0.2, -0.15) is 13.2 Å². The summed E-state index contributed by atoms with van der Waals surface area (Å²) in [5.74, 6) is -0.704. The second kappa shape index (κ2) is 5.05. The maximum absolute atomic E-state index is 12.5. The number of nitrogens with two attached hydrogens (primary N) is 1. The van der Waals surface area contributed by atoms with E-state index in [1.54, 1.807) is 0 Å². The molecule has 0 aliphatic carbocycles. The maximum atomic E-state index is 12.5. The van der Waals surface area contributed by atoms with Gasteiger partial charge in [-0.3, -0.25) is 0 Å². The van der Waals surface area contributed by atoms with Crippen molar-refractivity contribution >= 4 is 15.9 Å². The molecule has 0 fully saturated rings. The summed E-state index contributed by atoms with van der Waals surface area (Å²) in [5, 5.41) is 9.49. The second-order valence-corrected chi connectivity index (χ2v) is 4.27. The average molecular weight is 298 g/mol. The fourth-order valence-electron chi connectivity index (χ4n) is 1.35. The van der Waals surface area contributed by atoms with Crippen molar-refractivity contribution in [3.05, 3.63) is 27.7 Å². The Morgan fingerprint density at radius 2 is 1.94 bits per heavy atom. The van der Waals surface area contributed by atoms with Crippen LogP contribution in [0.2, 0.25) is 0 Å². The summed E-state index contributed by atoms with van der Waals surface area (Å²) in [5.41, 5.74) is 4.51. The Morgan fingerprint density at radius 1 is 1.31 bits per heavy atom. The minimum Gasteiger partial charge on any atom is -0.507 e. The standard InChI is InChI=1S/C10H11BrF3NO/c11-7-4-6(2-1-3-15)9(16)8(5-7)10(12,13)14/h4-5,16H,1-3,15H2. The fourth-order valence-corrected chi connectivity index (χ4v) is 1.86. The first-order valence-electron chi connectivity index (χ1n) is 4.65. The molecule has 0 aromatic heterocycles. The van der Waals surface area contributed by atoms with Crippen molar-refractivity contribution in [3.63, 3.8) is 0 Å². The molecular weight excluding hydrogens is 287 g/mol. The third-order valence-corrected chi connectivity index (χ3v) is 2.57. The molecule has 0 saturated heterocycles. The van der Waals surface area contributed by atoms with E-state index in [1.165, 1.54) is 6.07 Å². The number of phenols is 1. The monoisotopic (exact) mass is 297 g/mol. The van der Waals surface area contributed by atoms with Crippen LogP contribution in [-0.4, -0.2) is 11.7 Å². The fraction of sp³-hybridized carbons (Fsp3) is 0.400. The molecule has 1 aromatic rings. The Hall–Kier alpha value is -0.750. The molecule has 90 valence electrons. The van der Waals surface area contributed by atoms with Gasteiger partial charge in [0.1, 0.15) is 5.75 Å². The molecule has 0 aliphatic rings. The topological polar surface area (TPSA) is 46.2 Å². The van der Waals surface area contributed by atoms with E-state index in [0.717, 1.165) is 6.07 Å². The Balaban J connectivity index is 3.16. The van der Waals surface area contributed by atoms with Crippen LogP contribution in [0.5, 0.6) is 5.75 Å². The zero-order chi connectivity index (χ0) is 12.3. The smallest absolute Gasteiger partial charge is 0.420 e. The van der Waals surface area contributed by atoms with Crippen molar-refractivity contribution in [1.29, 1.82) is 0 Å². The lowest BCUT2D eigenvalue weighted by atomic mass is 10.0. The molecule has 0 heterocycles. The Labute approximate surface area is 99.4 Å². The van der Waals surface area contributed by atoms with Crippen LogP contribution in [0.1, 0.15) is 17.5 Å². The van der Waals surface area contributed by atoms with Crippen molar-refractivity contribution in [2.75, 3.05) is 6.54 Å². The maximum Gasteiger partial charge on any atom is 0.420 e. The molecule has 6 heteroatoms. The zero-order valence-electron chi connectivity index (χ0n) is 8.31. The van der Waals surface area contributed by atoms with Crippen LogP contribution in [0.25, 0.3) is 0 Å². The Morgan fingerprint density at radius 3 is 2.44 bits per heavy atom. The lowest BCUT2D eigenvalue weighted by molar-refractivity contribution is -0.138. The first kappa shape index (κ1) is 13.3. The van der Waals surface area contributed by atoms with Crippen molar-refractivity contribution in [1.82, 2.24) is 0 Å². The van der Waals surface area contributed by atoms with Crippen LogP contribution in [0, 0.1) is 0 Å². The van der Waals surface area contributed by atoms with Crippen LogP contribution >= 0.6 is 15.9 Å². The number of halogens is 4. The summed E-state index contributed by atoms with van der Waals surface area (Å²) in [6.07, 6.45) is -3.70. The number of rotatable bonds is 3. The quantitative estimate of drug-likeness (QED) is 0.901. The molecule has 0 radical (unpaired) electrons. The summed E-state index contributed by atoms with van der Waals surface area (Å²) in [4.78, 5) is 0. The van der Waals surface area contributed by atoms with E-state index in [1.807, 2.05) is 0 Å². The summed E-state index contributed by atoms with van der Waals surface area (Å²) in [6, 6.07) is 2.33. The van der Waals surface area contributed by atoms with E-state index < -0.39 is 17.5 Å². The largest absolute Gasteiger partial charge is 0.507 e. The van der Waals surface area contributed by atoms with Gasteiger partial charge in [0.15, 0.2) is 0 Å². The minimum absolute atomic E-state index is 0.257. The number of hydrogen-bond acceptors (Lipinski definition) is 2. The molecule has 0 spiro atoms. The molecular formula is C10H11BrF3NO. The summed E-state index contributed by atoms with van der Waals surface area (Å²) < 4.78 is 37.9. The molecule has 0 bridgehead atoms. The third-order valence-electron chi connectivity index (χ3n) is 2.11. The number of benzene rings is 1. The summed E-state index contributed by atoms with van der Waals surface area (Å²) >= 11 is 2.99. The molecule has 1 aromatic carbocycles. The highest BCUT2D eigenvalue weighted by atomic mass is 79.9. The molecule has 0 aliphatic heterocycles. The van der Waals surface area contributed by atoms with E-state index >= 15 is 0 Å². The predicted octanol–water partition coefficient (Wildman–Crippen LogP) is 3.06. The van der Waals surface area contributed by atoms with Crippen molar-refractivity contribution in [2.45, 2.75) is 19.0 Å². The van der Waals surface area contributed by atoms with Crippen LogP contribution in [0.3, 0.4) is 0 Å². The highest BCUT2D eigenvalue weighted by Gasteiger charge is 2.35. The Kier molecular flexibility index (Phi) is 4.21. The first-order chi connectivity index (χ1) is 7.36. The summed E-state index contributed by atoms with van der Waals surface area (Å²) in [6.45, 7) is 0.368.